The molecule has 3 rings (SSSR count). The van der Waals surface area contributed by atoms with Crippen LogP contribution < -0.4 is 10.3 Å². The van der Waals surface area contributed by atoms with E-state index in [1.807, 2.05) is 19.1 Å². The van der Waals surface area contributed by atoms with Crippen LogP contribution in [-0.4, -0.2) is 18.1 Å². The standard InChI is InChI=1S/C18H24N2O/c1-12-6-5-9-20(10-12)11-16-14(3)19-17-13(2)7-4-8-15(17)18(16)21/h4,7-8,12H,5-6,9-11H2,1-3H3,(H,19,21)/p+1. The summed E-state index contributed by atoms with van der Waals surface area (Å²) >= 11 is 0. The second-order valence-corrected chi connectivity index (χ2v) is 6.68. The first kappa shape index (κ1) is 14.3. The van der Waals surface area contributed by atoms with Gasteiger partial charge < -0.3 is 9.88 Å². The fourth-order valence-electron chi connectivity index (χ4n) is 3.64. The summed E-state index contributed by atoms with van der Waals surface area (Å²) in [5.41, 5.74) is 4.35. The molecule has 0 spiro atoms. The molecule has 2 heterocycles. The fourth-order valence-corrected chi connectivity index (χ4v) is 3.64. The van der Waals surface area contributed by atoms with E-state index in [0.717, 1.165) is 40.2 Å². The van der Waals surface area contributed by atoms with Gasteiger partial charge in [-0.25, -0.2) is 0 Å². The fraction of sp³-hybridized carbons (Fsp3) is 0.500. The summed E-state index contributed by atoms with van der Waals surface area (Å²) in [6.07, 6.45) is 2.61. The summed E-state index contributed by atoms with van der Waals surface area (Å²) in [5, 5.41) is 0.833. The third-order valence-electron chi connectivity index (χ3n) is 4.85. The van der Waals surface area contributed by atoms with Crippen LogP contribution in [0.2, 0.25) is 0 Å². The Morgan fingerprint density at radius 2 is 2.14 bits per heavy atom. The second kappa shape index (κ2) is 5.64. The van der Waals surface area contributed by atoms with Gasteiger partial charge in [0.1, 0.15) is 6.54 Å². The number of aryl methyl sites for hydroxylation is 2. The van der Waals surface area contributed by atoms with Crippen molar-refractivity contribution in [3.8, 4) is 0 Å². The van der Waals surface area contributed by atoms with Crippen LogP contribution in [0.25, 0.3) is 10.9 Å². The molecule has 2 N–H and O–H groups in total. The smallest absolute Gasteiger partial charge is 0.198 e. The number of aromatic amines is 1. The highest BCUT2D eigenvalue weighted by molar-refractivity contribution is 5.82. The number of hydrogen-bond donors (Lipinski definition) is 2. The maximum atomic E-state index is 12.8. The molecule has 0 bridgehead atoms. The lowest BCUT2D eigenvalue weighted by Crippen LogP contribution is -3.12. The number of rotatable bonds is 2. The Morgan fingerprint density at radius 3 is 2.90 bits per heavy atom. The van der Waals surface area contributed by atoms with Gasteiger partial charge >= 0.3 is 0 Å². The number of pyridine rings is 1. The van der Waals surface area contributed by atoms with Crippen molar-refractivity contribution in [2.75, 3.05) is 13.1 Å². The molecule has 0 amide bonds. The van der Waals surface area contributed by atoms with E-state index < -0.39 is 0 Å². The Bertz CT molecular complexity index is 717. The molecule has 1 aliphatic heterocycles. The molecule has 1 aliphatic rings. The molecule has 2 atom stereocenters. The summed E-state index contributed by atoms with van der Waals surface area (Å²) in [7, 11) is 0. The number of likely N-dealkylation sites (tertiary alicyclic amines) is 1. The highest BCUT2D eigenvalue weighted by Gasteiger charge is 2.22. The van der Waals surface area contributed by atoms with Crippen molar-refractivity contribution in [1.29, 1.82) is 0 Å². The van der Waals surface area contributed by atoms with Gasteiger partial charge in [0.25, 0.3) is 0 Å². The largest absolute Gasteiger partial charge is 0.358 e. The first-order valence-electron chi connectivity index (χ1n) is 8.01. The zero-order chi connectivity index (χ0) is 15.0. The van der Waals surface area contributed by atoms with Crippen molar-refractivity contribution in [1.82, 2.24) is 4.98 Å². The van der Waals surface area contributed by atoms with Crippen LogP contribution in [0.4, 0.5) is 0 Å². The summed E-state index contributed by atoms with van der Waals surface area (Å²) < 4.78 is 0. The number of H-pyrrole nitrogens is 1. The average molecular weight is 285 g/mol. The van der Waals surface area contributed by atoms with Crippen molar-refractivity contribution >= 4 is 10.9 Å². The van der Waals surface area contributed by atoms with Crippen LogP contribution in [0.1, 0.15) is 36.6 Å². The van der Waals surface area contributed by atoms with Gasteiger partial charge in [-0.05, 0) is 38.3 Å². The number of piperidine rings is 1. The maximum Gasteiger partial charge on any atom is 0.198 e. The minimum absolute atomic E-state index is 0.218. The number of aromatic nitrogens is 1. The summed E-state index contributed by atoms with van der Waals surface area (Å²) in [6.45, 7) is 9.64. The van der Waals surface area contributed by atoms with Crippen LogP contribution in [0, 0.1) is 19.8 Å². The SMILES string of the molecule is Cc1[nH]c2c(C)cccc2c(=O)c1C[NH+]1CCCC(C)C1. The van der Waals surface area contributed by atoms with E-state index >= 15 is 0 Å². The van der Waals surface area contributed by atoms with Crippen LogP contribution in [0.15, 0.2) is 23.0 Å². The molecule has 1 saturated heterocycles. The van der Waals surface area contributed by atoms with Crippen molar-refractivity contribution in [3.05, 3.63) is 45.2 Å². The van der Waals surface area contributed by atoms with Gasteiger partial charge in [-0.3, -0.25) is 4.79 Å². The molecule has 1 aromatic carbocycles. The predicted octanol–water partition coefficient (Wildman–Crippen LogP) is 1.96. The van der Waals surface area contributed by atoms with E-state index in [-0.39, 0.29) is 5.43 Å². The molecule has 0 saturated carbocycles. The van der Waals surface area contributed by atoms with Crippen LogP contribution >= 0.6 is 0 Å². The normalized spacial score (nSPS) is 22.6. The Kier molecular flexibility index (Phi) is 3.85. The van der Waals surface area contributed by atoms with Crippen molar-refractivity contribution in [2.24, 2.45) is 5.92 Å². The number of hydrogen-bond acceptors (Lipinski definition) is 1. The second-order valence-electron chi connectivity index (χ2n) is 6.68. The van der Waals surface area contributed by atoms with Gasteiger partial charge in [-0.1, -0.05) is 19.1 Å². The monoisotopic (exact) mass is 285 g/mol. The number of nitrogens with one attached hydrogen (secondary N) is 2. The van der Waals surface area contributed by atoms with Crippen LogP contribution in [-0.2, 0) is 6.54 Å². The molecule has 0 radical (unpaired) electrons. The first-order chi connectivity index (χ1) is 10.1. The van der Waals surface area contributed by atoms with Gasteiger partial charge in [0.2, 0.25) is 0 Å². The topological polar surface area (TPSA) is 37.3 Å². The summed E-state index contributed by atoms with van der Waals surface area (Å²) in [5.74, 6) is 0.774. The third kappa shape index (κ3) is 2.75. The van der Waals surface area contributed by atoms with E-state index in [9.17, 15) is 4.79 Å². The van der Waals surface area contributed by atoms with Crippen molar-refractivity contribution < 1.29 is 4.90 Å². The molecule has 3 heteroatoms. The molecular formula is C18H25N2O+. The molecule has 1 fully saturated rings. The van der Waals surface area contributed by atoms with E-state index in [0.29, 0.717) is 0 Å². The molecule has 0 aliphatic carbocycles. The Morgan fingerprint density at radius 1 is 1.33 bits per heavy atom. The minimum Gasteiger partial charge on any atom is -0.358 e. The van der Waals surface area contributed by atoms with E-state index in [1.54, 1.807) is 4.90 Å². The van der Waals surface area contributed by atoms with Crippen LogP contribution in [0.3, 0.4) is 0 Å². The number of quaternary nitrogens is 1. The molecule has 3 nitrogen and oxygen atoms in total. The Labute approximate surface area is 126 Å². The zero-order valence-electron chi connectivity index (χ0n) is 13.3. The minimum atomic E-state index is 0.218. The van der Waals surface area contributed by atoms with Gasteiger partial charge in [0.15, 0.2) is 5.43 Å². The predicted molar refractivity (Wildman–Crippen MR) is 86.8 cm³/mol. The average Bonchev–Trinajstić information content (AvgIpc) is 2.45. The van der Waals surface area contributed by atoms with E-state index in [1.165, 1.54) is 25.9 Å². The third-order valence-corrected chi connectivity index (χ3v) is 4.85. The van der Waals surface area contributed by atoms with Gasteiger partial charge in [-0.2, -0.15) is 0 Å². The molecule has 21 heavy (non-hydrogen) atoms. The summed E-state index contributed by atoms with van der Waals surface area (Å²) in [4.78, 5) is 17.8. The number of para-hydroxylation sites is 1. The van der Waals surface area contributed by atoms with E-state index in [4.69, 9.17) is 0 Å². The number of fused-ring (bicyclic) bond motifs is 1. The zero-order valence-corrected chi connectivity index (χ0v) is 13.3. The summed E-state index contributed by atoms with van der Waals surface area (Å²) in [6, 6.07) is 5.97. The molecule has 112 valence electrons. The number of benzene rings is 1. The lowest BCUT2D eigenvalue weighted by molar-refractivity contribution is -0.922. The maximum absolute atomic E-state index is 12.8. The highest BCUT2D eigenvalue weighted by atomic mass is 16.1. The Hall–Kier alpha value is -1.61. The Balaban J connectivity index is 2.01. The molecule has 1 aromatic heterocycles. The van der Waals surface area contributed by atoms with Crippen molar-refractivity contribution in [3.63, 3.8) is 0 Å². The van der Waals surface area contributed by atoms with Crippen molar-refractivity contribution in [2.45, 2.75) is 40.2 Å². The van der Waals surface area contributed by atoms with Gasteiger partial charge in [0.05, 0.1) is 24.2 Å². The van der Waals surface area contributed by atoms with Gasteiger partial charge in [-0.15, -0.1) is 0 Å². The quantitative estimate of drug-likeness (QED) is 0.869. The highest BCUT2D eigenvalue weighted by Crippen LogP contribution is 2.15. The van der Waals surface area contributed by atoms with Gasteiger partial charge in [0, 0.05) is 17.0 Å². The van der Waals surface area contributed by atoms with Crippen LogP contribution in [0.5, 0.6) is 0 Å². The first-order valence-corrected chi connectivity index (χ1v) is 8.01. The molecular weight excluding hydrogens is 260 g/mol. The molecule has 2 unspecified atom stereocenters. The molecule has 2 aromatic rings. The lowest BCUT2D eigenvalue weighted by atomic mass is 9.99. The lowest BCUT2D eigenvalue weighted by Gasteiger charge is -2.28. The van der Waals surface area contributed by atoms with E-state index in [2.05, 4.69) is 24.9 Å².